The highest BCUT2D eigenvalue weighted by Crippen LogP contribution is 2.10. The first-order valence-corrected chi connectivity index (χ1v) is 3.07. The molecule has 2 heteroatoms. The Morgan fingerprint density at radius 2 is 2.22 bits per heavy atom. The van der Waals surface area contributed by atoms with Gasteiger partial charge in [-0.05, 0) is 6.20 Å². The van der Waals surface area contributed by atoms with Crippen molar-refractivity contribution in [3.8, 4) is 0 Å². The Morgan fingerprint density at radius 1 is 1.67 bits per heavy atom. The molecule has 0 unspecified atom stereocenters. The van der Waals surface area contributed by atoms with Crippen molar-refractivity contribution in [2.45, 2.75) is 13.8 Å². The van der Waals surface area contributed by atoms with E-state index in [9.17, 15) is 0 Å². The zero-order valence-electron chi connectivity index (χ0n) is 6.15. The molecule has 0 atom stereocenters. The van der Waals surface area contributed by atoms with Gasteiger partial charge in [-0.3, -0.25) is 0 Å². The van der Waals surface area contributed by atoms with E-state index in [-0.39, 0.29) is 12.0 Å². The Morgan fingerprint density at radius 3 is 2.56 bits per heavy atom. The molecule has 0 amide bonds. The molecule has 0 aliphatic heterocycles. The van der Waals surface area contributed by atoms with Crippen LogP contribution in [-0.2, 0) is 0 Å². The van der Waals surface area contributed by atoms with E-state index in [1.54, 1.807) is 6.20 Å². The Kier molecular flexibility index (Phi) is 3.32. The van der Waals surface area contributed by atoms with Gasteiger partial charge in [-0.2, -0.15) is 0 Å². The summed E-state index contributed by atoms with van der Waals surface area (Å²) in [4.78, 5) is 0. The van der Waals surface area contributed by atoms with Crippen LogP contribution in [0.4, 0.5) is 0 Å². The second-order valence-corrected chi connectivity index (χ2v) is 2.91. The third kappa shape index (κ3) is 4.03. The van der Waals surface area contributed by atoms with Crippen molar-refractivity contribution in [3.63, 3.8) is 0 Å². The normalized spacial score (nSPS) is 11.0. The van der Waals surface area contributed by atoms with Crippen LogP contribution in [0.25, 0.3) is 0 Å². The number of aliphatic hydroxyl groups is 1. The van der Waals surface area contributed by atoms with E-state index in [0.717, 1.165) is 6.54 Å². The van der Waals surface area contributed by atoms with Gasteiger partial charge in [0.1, 0.15) is 0 Å². The van der Waals surface area contributed by atoms with Gasteiger partial charge in [0.15, 0.2) is 0 Å². The molecule has 0 radical (unpaired) electrons. The van der Waals surface area contributed by atoms with E-state index < -0.39 is 0 Å². The lowest BCUT2D eigenvalue weighted by atomic mass is 9.95. The minimum absolute atomic E-state index is 0.0335. The number of hydrogen-bond donors (Lipinski definition) is 2. The lowest BCUT2D eigenvalue weighted by molar-refractivity contribution is 0.161. The molecule has 9 heavy (non-hydrogen) atoms. The molecule has 0 saturated heterocycles. The molecule has 2 nitrogen and oxygen atoms in total. The molecule has 0 aromatic carbocycles. The van der Waals surface area contributed by atoms with Gasteiger partial charge in [-0.25, -0.2) is 0 Å². The minimum Gasteiger partial charge on any atom is -0.396 e. The van der Waals surface area contributed by atoms with Crippen LogP contribution in [0.3, 0.4) is 0 Å². The highest BCUT2D eigenvalue weighted by Gasteiger charge is 2.14. The SMILES string of the molecule is C=CNCC(C)(C)CO. The van der Waals surface area contributed by atoms with Crippen molar-refractivity contribution in [1.82, 2.24) is 5.32 Å². The molecular formula is C7H15NO. The third-order valence-corrected chi connectivity index (χ3v) is 1.15. The largest absolute Gasteiger partial charge is 0.396 e. The Bertz CT molecular complexity index is 88.9. The Hall–Kier alpha value is -0.500. The standard InChI is InChI=1S/C7H15NO/c1-4-8-5-7(2,3)6-9/h4,8-9H,1,5-6H2,2-3H3. The summed E-state index contributed by atoms with van der Waals surface area (Å²) in [5.41, 5.74) is -0.0335. The lowest BCUT2D eigenvalue weighted by Crippen LogP contribution is -2.29. The molecular weight excluding hydrogens is 114 g/mol. The monoisotopic (exact) mass is 129 g/mol. The second kappa shape index (κ2) is 3.51. The van der Waals surface area contributed by atoms with Gasteiger partial charge in [0.05, 0.1) is 0 Å². The van der Waals surface area contributed by atoms with Crippen LogP contribution in [0.5, 0.6) is 0 Å². The average molecular weight is 129 g/mol. The van der Waals surface area contributed by atoms with Crippen LogP contribution in [0.1, 0.15) is 13.8 Å². The molecule has 0 heterocycles. The van der Waals surface area contributed by atoms with E-state index in [1.807, 2.05) is 13.8 Å². The van der Waals surface area contributed by atoms with Crippen LogP contribution < -0.4 is 5.32 Å². The van der Waals surface area contributed by atoms with Crippen molar-refractivity contribution < 1.29 is 5.11 Å². The summed E-state index contributed by atoms with van der Waals surface area (Å²) in [5.74, 6) is 0. The quantitative estimate of drug-likeness (QED) is 0.586. The summed E-state index contributed by atoms with van der Waals surface area (Å²) < 4.78 is 0. The maximum atomic E-state index is 8.75. The number of hydrogen-bond acceptors (Lipinski definition) is 2. The zero-order valence-corrected chi connectivity index (χ0v) is 6.15. The molecule has 0 fully saturated rings. The smallest absolute Gasteiger partial charge is 0.0498 e. The molecule has 0 aliphatic rings. The first-order chi connectivity index (χ1) is 4.12. The van der Waals surface area contributed by atoms with Crippen molar-refractivity contribution in [2.75, 3.05) is 13.2 Å². The summed E-state index contributed by atoms with van der Waals surface area (Å²) in [6, 6.07) is 0. The van der Waals surface area contributed by atoms with Crippen LogP contribution in [0.2, 0.25) is 0 Å². The van der Waals surface area contributed by atoms with E-state index in [2.05, 4.69) is 11.9 Å². The molecule has 0 saturated carbocycles. The molecule has 0 rings (SSSR count). The van der Waals surface area contributed by atoms with Gasteiger partial charge in [-0.15, -0.1) is 0 Å². The Balaban J connectivity index is 3.44. The average Bonchev–Trinajstić information content (AvgIpc) is 1.84. The highest BCUT2D eigenvalue weighted by molar-refractivity contribution is 4.74. The highest BCUT2D eigenvalue weighted by atomic mass is 16.3. The van der Waals surface area contributed by atoms with Crippen LogP contribution in [0, 0.1) is 5.41 Å². The first kappa shape index (κ1) is 8.50. The molecule has 0 aromatic rings. The van der Waals surface area contributed by atoms with Gasteiger partial charge in [0.2, 0.25) is 0 Å². The van der Waals surface area contributed by atoms with Crippen molar-refractivity contribution >= 4 is 0 Å². The fourth-order valence-electron chi connectivity index (χ4n) is 0.404. The number of nitrogens with one attached hydrogen (secondary N) is 1. The predicted octanol–water partition coefficient (Wildman–Crippen LogP) is 0.738. The van der Waals surface area contributed by atoms with Gasteiger partial charge in [0, 0.05) is 18.6 Å². The van der Waals surface area contributed by atoms with Gasteiger partial charge in [-0.1, -0.05) is 20.4 Å². The fourth-order valence-corrected chi connectivity index (χ4v) is 0.404. The van der Waals surface area contributed by atoms with Crippen molar-refractivity contribution in [1.29, 1.82) is 0 Å². The fraction of sp³-hybridized carbons (Fsp3) is 0.714. The van der Waals surface area contributed by atoms with Gasteiger partial charge >= 0.3 is 0 Å². The topological polar surface area (TPSA) is 32.3 Å². The van der Waals surface area contributed by atoms with Crippen LogP contribution >= 0.6 is 0 Å². The first-order valence-electron chi connectivity index (χ1n) is 3.07. The molecule has 0 spiro atoms. The third-order valence-electron chi connectivity index (χ3n) is 1.15. The molecule has 0 aliphatic carbocycles. The van der Waals surface area contributed by atoms with Gasteiger partial charge < -0.3 is 10.4 Å². The van der Waals surface area contributed by atoms with Crippen molar-refractivity contribution in [3.05, 3.63) is 12.8 Å². The maximum Gasteiger partial charge on any atom is 0.0498 e. The number of aliphatic hydroxyl groups excluding tert-OH is 1. The minimum atomic E-state index is -0.0335. The molecule has 54 valence electrons. The lowest BCUT2D eigenvalue weighted by Gasteiger charge is -2.20. The maximum absolute atomic E-state index is 8.75. The van der Waals surface area contributed by atoms with E-state index in [4.69, 9.17) is 5.11 Å². The zero-order chi connectivity index (χ0) is 7.33. The van der Waals surface area contributed by atoms with Crippen LogP contribution in [-0.4, -0.2) is 18.3 Å². The predicted molar refractivity (Wildman–Crippen MR) is 39.1 cm³/mol. The summed E-state index contributed by atoms with van der Waals surface area (Å²) in [6.07, 6.45) is 1.64. The number of rotatable bonds is 4. The summed E-state index contributed by atoms with van der Waals surface area (Å²) in [6.45, 7) is 8.46. The van der Waals surface area contributed by atoms with E-state index in [1.165, 1.54) is 0 Å². The summed E-state index contributed by atoms with van der Waals surface area (Å²) in [7, 11) is 0. The molecule has 2 N–H and O–H groups in total. The second-order valence-electron chi connectivity index (χ2n) is 2.91. The van der Waals surface area contributed by atoms with Crippen molar-refractivity contribution in [2.24, 2.45) is 5.41 Å². The Labute approximate surface area is 56.6 Å². The summed E-state index contributed by atoms with van der Waals surface area (Å²) >= 11 is 0. The van der Waals surface area contributed by atoms with Crippen LogP contribution in [0.15, 0.2) is 12.8 Å². The van der Waals surface area contributed by atoms with Gasteiger partial charge in [0.25, 0.3) is 0 Å². The van der Waals surface area contributed by atoms with E-state index >= 15 is 0 Å². The molecule has 0 bridgehead atoms. The molecule has 0 aromatic heterocycles. The summed E-state index contributed by atoms with van der Waals surface area (Å²) in [5, 5.41) is 11.7. The van der Waals surface area contributed by atoms with E-state index in [0.29, 0.717) is 0 Å².